The molecule has 2 aliphatic heterocycles. The lowest BCUT2D eigenvalue weighted by molar-refractivity contribution is -0.276. The minimum atomic E-state index is -1.29. The maximum Gasteiger partial charge on any atom is 0.344 e. The van der Waals surface area contributed by atoms with E-state index in [-0.39, 0.29) is 17.9 Å². The maximum atomic E-state index is 12.4. The van der Waals surface area contributed by atoms with Crippen molar-refractivity contribution in [2.45, 2.75) is 116 Å². The number of rotatable bonds is 4. The first-order chi connectivity index (χ1) is 18.8. The monoisotopic (exact) mass is 561 g/mol. The van der Waals surface area contributed by atoms with E-state index in [2.05, 4.69) is 32.9 Å². The first-order valence-electron chi connectivity index (χ1n) is 15.4. The highest BCUT2D eigenvalue weighted by molar-refractivity contribution is 5.86. The van der Waals surface area contributed by atoms with Crippen molar-refractivity contribution >= 4 is 17.7 Å². The number of nitrogens with zero attached hydrogens (tertiary/aromatic N) is 1. The summed E-state index contributed by atoms with van der Waals surface area (Å²) in [5.41, 5.74) is -1.01. The molecule has 4 saturated carbocycles. The lowest BCUT2D eigenvalue weighted by atomic mass is 9.42. The minimum Gasteiger partial charge on any atom is -0.479 e. The van der Waals surface area contributed by atoms with Gasteiger partial charge >= 0.3 is 11.9 Å². The molecule has 1 spiro atoms. The lowest BCUT2D eigenvalue weighted by Gasteiger charge is -2.65. The van der Waals surface area contributed by atoms with E-state index in [0.29, 0.717) is 60.5 Å². The van der Waals surface area contributed by atoms with Gasteiger partial charge in [-0.3, -0.25) is 4.79 Å². The predicted octanol–water partition coefficient (Wildman–Crippen LogP) is 4.55. The molecule has 2 heterocycles. The van der Waals surface area contributed by atoms with Crippen molar-refractivity contribution in [3.8, 4) is 0 Å². The van der Waals surface area contributed by atoms with Gasteiger partial charge in [0.05, 0.1) is 18.4 Å². The fourth-order valence-electron chi connectivity index (χ4n) is 10.7. The van der Waals surface area contributed by atoms with E-state index in [1.807, 2.05) is 0 Å². The summed E-state index contributed by atoms with van der Waals surface area (Å²) in [5.74, 6) is 0.437. The smallest absolute Gasteiger partial charge is 0.344 e. The Hall–Kier alpha value is -1.71. The van der Waals surface area contributed by atoms with Crippen LogP contribution in [0.4, 0.5) is 0 Å². The lowest BCUT2D eigenvalue weighted by Crippen LogP contribution is -2.69. The molecule has 0 aromatic rings. The Morgan fingerprint density at radius 3 is 2.55 bits per heavy atom. The number of carbonyl (C=O) groups is 2. The van der Waals surface area contributed by atoms with Gasteiger partial charge in [0.1, 0.15) is 11.7 Å². The molecular weight excluding hydrogens is 514 g/mol. The van der Waals surface area contributed by atoms with Crippen LogP contribution in [0, 0.1) is 46.3 Å². The molecule has 0 aromatic heterocycles. The summed E-state index contributed by atoms with van der Waals surface area (Å²) < 4.78 is 19.3. The van der Waals surface area contributed by atoms with Crippen molar-refractivity contribution in [1.29, 1.82) is 0 Å². The molecule has 4 aliphatic carbocycles. The number of carbonyl (C=O) groups excluding carboxylic acids is 1. The van der Waals surface area contributed by atoms with E-state index < -0.39 is 41.5 Å². The molecule has 40 heavy (non-hydrogen) atoms. The number of esters is 1. The summed E-state index contributed by atoms with van der Waals surface area (Å²) in [7, 11) is 0. The highest BCUT2D eigenvalue weighted by Crippen LogP contribution is 2.72. The third-order valence-corrected chi connectivity index (χ3v) is 12.6. The van der Waals surface area contributed by atoms with Gasteiger partial charge in [-0.15, -0.1) is 0 Å². The summed E-state index contributed by atoms with van der Waals surface area (Å²) in [4.78, 5) is 28.3. The second-order valence-corrected chi connectivity index (χ2v) is 14.6. The van der Waals surface area contributed by atoms with E-state index in [1.54, 1.807) is 0 Å². The number of ether oxygens (including phenoxy) is 3. The number of aliphatic hydroxyl groups is 1. The Morgan fingerprint density at radius 2 is 1.88 bits per heavy atom. The summed E-state index contributed by atoms with van der Waals surface area (Å²) in [6, 6.07) is 0. The Labute approximate surface area is 237 Å². The van der Waals surface area contributed by atoms with Crippen molar-refractivity contribution in [3.63, 3.8) is 0 Å². The van der Waals surface area contributed by atoms with Gasteiger partial charge in [0.15, 0.2) is 5.79 Å². The first-order valence-corrected chi connectivity index (χ1v) is 15.4. The Morgan fingerprint density at radius 1 is 1.10 bits per heavy atom. The van der Waals surface area contributed by atoms with Crippen LogP contribution >= 0.6 is 0 Å². The fourth-order valence-corrected chi connectivity index (χ4v) is 10.7. The normalized spacial score (nSPS) is 52.4. The third kappa shape index (κ3) is 4.08. The van der Waals surface area contributed by atoms with Crippen LogP contribution in [0.15, 0.2) is 5.16 Å². The number of carboxylic acids is 1. The van der Waals surface area contributed by atoms with E-state index >= 15 is 0 Å². The van der Waals surface area contributed by atoms with Gasteiger partial charge in [-0.1, -0.05) is 32.9 Å². The van der Waals surface area contributed by atoms with Crippen LogP contribution in [0.1, 0.15) is 92.4 Å². The number of hydrogen-bond acceptors (Lipinski definition) is 8. The Balaban J connectivity index is 1.28. The zero-order valence-corrected chi connectivity index (χ0v) is 24.7. The van der Waals surface area contributed by atoms with Crippen molar-refractivity contribution < 1.29 is 38.9 Å². The van der Waals surface area contributed by atoms with Crippen molar-refractivity contribution in [2.24, 2.45) is 51.5 Å². The van der Waals surface area contributed by atoms with Crippen LogP contribution in [-0.4, -0.2) is 64.7 Å². The van der Waals surface area contributed by atoms with Crippen LogP contribution in [0.3, 0.4) is 0 Å². The minimum absolute atomic E-state index is 0.111. The Bertz CT molecular complexity index is 1070. The zero-order chi connectivity index (χ0) is 28.7. The van der Waals surface area contributed by atoms with Gasteiger partial charge in [0.2, 0.25) is 6.61 Å². The fraction of sp³-hybridized carbons (Fsp3) is 0.903. The van der Waals surface area contributed by atoms with Crippen LogP contribution in [-0.2, 0) is 28.6 Å². The van der Waals surface area contributed by atoms with Gasteiger partial charge in [-0.05, 0) is 80.0 Å². The zero-order valence-electron chi connectivity index (χ0n) is 24.7. The molecule has 6 rings (SSSR count). The number of aliphatic carboxylic acids is 1. The molecule has 0 aromatic carbocycles. The molecule has 0 unspecified atom stereocenters. The molecule has 0 radical (unpaired) electrons. The number of oxime groups is 1. The largest absolute Gasteiger partial charge is 0.479 e. The average Bonchev–Trinajstić information content (AvgIpc) is 3.32. The molecule has 6 fully saturated rings. The van der Waals surface area contributed by atoms with Crippen LogP contribution in [0.25, 0.3) is 0 Å². The van der Waals surface area contributed by atoms with Gasteiger partial charge in [-0.25, -0.2) is 4.79 Å². The predicted molar refractivity (Wildman–Crippen MR) is 145 cm³/mol. The first kappa shape index (κ1) is 28.4. The Kier molecular flexibility index (Phi) is 6.86. The van der Waals surface area contributed by atoms with E-state index in [0.717, 1.165) is 38.7 Å². The maximum absolute atomic E-state index is 12.4. The molecule has 0 amide bonds. The number of carboxylic acid groups (broad SMARTS) is 1. The van der Waals surface area contributed by atoms with E-state index in [1.165, 1.54) is 6.92 Å². The molecule has 6 aliphatic rings. The van der Waals surface area contributed by atoms with Crippen LogP contribution in [0.5, 0.6) is 0 Å². The molecule has 0 bridgehead atoms. The second kappa shape index (κ2) is 9.66. The number of fused-ring (bicyclic) bond motifs is 7. The average molecular weight is 562 g/mol. The summed E-state index contributed by atoms with van der Waals surface area (Å²) in [5, 5.41) is 25.4. The van der Waals surface area contributed by atoms with Gasteiger partial charge < -0.3 is 29.3 Å². The molecular formula is C31H47NO8. The second-order valence-electron chi connectivity index (χ2n) is 14.6. The van der Waals surface area contributed by atoms with Gasteiger partial charge in [0, 0.05) is 31.1 Å². The van der Waals surface area contributed by atoms with Crippen LogP contribution in [0.2, 0.25) is 0 Å². The molecule has 2 N–H and O–H groups in total. The van der Waals surface area contributed by atoms with Crippen LogP contribution < -0.4 is 0 Å². The van der Waals surface area contributed by atoms with Crippen molar-refractivity contribution in [2.75, 3.05) is 13.2 Å². The SMILES string of the molecule is CC(=O)O[C@@H]1C[C@H]2[C@@H]3C[C@@H]4O[C@]5(CC[C@@H](C)CO5)[C@@H](C)[C@@H]4[C@@]3(C)CC[C@@H]2[C@@]2(C)CC/C(=N\OCC(=O)O)C[C@]12O. The standard InChI is InChI=1S/C31H47NO8/c1-17-6-11-31(37-15-17)18(2)27-24(40-31)13-23-21-12-25(39-19(3)33)30(36)14-20(32-38-16-26(34)35)7-10-29(30,5)22(21)8-9-28(23,27)4/h17-18,21-25,27,36H,6-16H2,1-5H3,(H,34,35)/b32-20+/t17-,18+,21-,22+,23+,24+,25-,27+,28+,29-,30+,31-/m1/s1. The molecule has 9 heteroatoms. The highest BCUT2D eigenvalue weighted by Gasteiger charge is 2.72. The van der Waals surface area contributed by atoms with E-state index in [4.69, 9.17) is 24.2 Å². The topological polar surface area (TPSA) is 124 Å². The summed E-state index contributed by atoms with van der Waals surface area (Å²) in [6.07, 6.45) is 6.88. The quantitative estimate of drug-likeness (QED) is 0.379. The molecule has 12 atom stereocenters. The number of hydrogen-bond donors (Lipinski definition) is 2. The van der Waals surface area contributed by atoms with Gasteiger partial charge in [-0.2, -0.15) is 0 Å². The van der Waals surface area contributed by atoms with Crippen molar-refractivity contribution in [1.82, 2.24) is 0 Å². The molecule has 2 saturated heterocycles. The molecule has 224 valence electrons. The molecule has 9 nitrogen and oxygen atoms in total. The van der Waals surface area contributed by atoms with E-state index in [9.17, 15) is 14.7 Å². The summed E-state index contributed by atoms with van der Waals surface area (Å²) >= 11 is 0. The van der Waals surface area contributed by atoms with Crippen molar-refractivity contribution in [3.05, 3.63) is 0 Å². The summed E-state index contributed by atoms with van der Waals surface area (Å²) in [6.45, 7) is 10.9. The van der Waals surface area contributed by atoms with Gasteiger partial charge in [0.25, 0.3) is 0 Å². The third-order valence-electron chi connectivity index (χ3n) is 12.6. The highest BCUT2D eigenvalue weighted by atomic mass is 16.7.